The summed E-state index contributed by atoms with van der Waals surface area (Å²) < 4.78 is 38.0. The van der Waals surface area contributed by atoms with Crippen molar-refractivity contribution in [1.29, 1.82) is 0 Å². The number of amides is 1. The summed E-state index contributed by atoms with van der Waals surface area (Å²) in [4.78, 5) is 21.5. The van der Waals surface area contributed by atoms with E-state index in [0.29, 0.717) is 32.1 Å². The molecule has 0 bridgehead atoms. The van der Waals surface area contributed by atoms with Crippen LogP contribution in [0.15, 0.2) is 54.9 Å². The highest BCUT2D eigenvalue weighted by Gasteiger charge is 2.37. The van der Waals surface area contributed by atoms with Gasteiger partial charge in [0.15, 0.2) is 0 Å². The number of piperazine rings is 1. The summed E-state index contributed by atoms with van der Waals surface area (Å²) in [5.74, 6) is 0.511. The minimum atomic E-state index is -3.63. The molecule has 1 saturated heterocycles. The van der Waals surface area contributed by atoms with E-state index in [4.69, 9.17) is 19.0 Å². The van der Waals surface area contributed by atoms with Crippen molar-refractivity contribution >= 4 is 21.9 Å². The molecule has 3 fully saturated rings. The molecule has 2 saturated carbocycles. The summed E-state index contributed by atoms with van der Waals surface area (Å²) >= 11 is 0. The fourth-order valence-corrected chi connectivity index (χ4v) is 6.91. The molecule has 43 heavy (non-hydrogen) atoms. The number of carbonyl (C=O) groups excluding carboxylic acids is 1. The number of nitrogens with zero attached hydrogens (tertiary/aromatic N) is 5. The molecule has 10 nitrogen and oxygen atoms in total. The fourth-order valence-electron chi connectivity index (χ4n) is 5.82. The second kappa shape index (κ2) is 11.9. The largest absolute Gasteiger partial charge is 0.444 e. The lowest BCUT2D eigenvalue weighted by molar-refractivity contribution is 0.0240. The van der Waals surface area contributed by atoms with Crippen LogP contribution >= 0.6 is 0 Å². The van der Waals surface area contributed by atoms with Crippen molar-refractivity contribution in [2.75, 3.05) is 37.7 Å². The van der Waals surface area contributed by atoms with Gasteiger partial charge in [-0.05, 0) is 70.1 Å². The van der Waals surface area contributed by atoms with E-state index < -0.39 is 15.7 Å². The molecule has 0 spiro atoms. The molecular weight excluding hydrogens is 566 g/mol. The second-order valence-corrected chi connectivity index (χ2v) is 14.6. The van der Waals surface area contributed by atoms with Gasteiger partial charge in [0.1, 0.15) is 11.4 Å². The Balaban J connectivity index is 1.10. The maximum absolute atomic E-state index is 12.6. The van der Waals surface area contributed by atoms with Gasteiger partial charge in [0.05, 0.1) is 29.7 Å². The quantitative estimate of drug-likeness (QED) is 0.299. The molecule has 1 aromatic carbocycles. The van der Waals surface area contributed by atoms with Crippen molar-refractivity contribution in [1.82, 2.24) is 19.7 Å². The molecule has 3 heterocycles. The summed E-state index contributed by atoms with van der Waals surface area (Å²) in [7, 11) is -3.63. The summed E-state index contributed by atoms with van der Waals surface area (Å²) in [5, 5.41) is 5.05. The average Bonchev–Trinajstić information content (AvgIpc) is 3.70. The molecule has 1 amide bonds. The van der Waals surface area contributed by atoms with Crippen LogP contribution < -0.4 is 4.90 Å². The molecule has 11 heteroatoms. The van der Waals surface area contributed by atoms with Crippen LogP contribution in [0.5, 0.6) is 0 Å². The zero-order valence-electron chi connectivity index (χ0n) is 25.2. The van der Waals surface area contributed by atoms with Crippen LogP contribution in [0.1, 0.15) is 69.7 Å². The SMILES string of the molecule is CC(C)(C)OC(=O)N1CCN(c2cccnc2-c2cn(C3CC(COS(=O)(=O)Cc4ccccc4)C3)nc2C2CC2)CC1. The van der Waals surface area contributed by atoms with Crippen LogP contribution in [0.4, 0.5) is 10.5 Å². The Morgan fingerprint density at radius 2 is 1.72 bits per heavy atom. The number of carbonyl (C=O) groups is 1. The number of ether oxygens (including phenoxy) is 1. The van der Waals surface area contributed by atoms with Gasteiger partial charge in [0, 0.05) is 50.1 Å². The van der Waals surface area contributed by atoms with E-state index in [1.54, 1.807) is 17.0 Å². The van der Waals surface area contributed by atoms with Gasteiger partial charge in [-0.1, -0.05) is 30.3 Å². The van der Waals surface area contributed by atoms with E-state index in [0.717, 1.165) is 53.9 Å². The molecular formula is C32H41N5O5S. The van der Waals surface area contributed by atoms with Gasteiger partial charge in [-0.15, -0.1) is 0 Å². The van der Waals surface area contributed by atoms with Gasteiger partial charge in [-0.25, -0.2) is 4.79 Å². The Labute approximate surface area is 254 Å². The Kier molecular flexibility index (Phi) is 8.21. The number of hydrogen-bond donors (Lipinski definition) is 0. The molecule has 2 aliphatic carbocycles. The van der Waals surface area contributed by atoms with E-state index in [1.165, 1.54) is 0 Å². The highest BCUT2D eigenvalue weighted by atomic mass is 32.2. The van der Waals surface area contributed by atoms with E-state index in [2.05, 4.69) is 21.8 Å². The molecule has 0 N–H and O–H groups in total. The topological polar surface area (TPSA) is 107 Å². The zero-order chi connectivity index (χ0) is 30.2. The third-order valence-electron chi connectivity index (χ3n) is 8.29. The van der Waals surface area contributed by atoms with Gasteiger partial charge < -0.3 is 14.5 Å². The van der Waals surface area contributed by atoms with Crippen molar-refractivity contribution in [3.8, 4) is 11.3 Å². The second-order valence-electron chi connectivity index (χ2n) is 13.0. The lowest BCUT2D eigenvalue weighted by Gasteiger charge is -2.37. The molecule has 6 rings (SSSR count). The number of hydrogen-bond acceptors (Lipinski definition) is 8. The molecule has 0 unspecified atom stereocenters. The highest BCUT2D eigenvalue weighted by molar-refractivity contribution is 7.85. The van der Waals surface area contributed by atoms with Gasteiger partial charge in [-0.2, -0.15) is 13.5 Å². The van der Waals surface area contributed by atoms with Crippen LogP contribution in [0.3, 0.4) is 0 Å². The maximum atomic E-state index is 12.6. The van der Waals surface area contributed by atoms with E-state index in [9.17, 15) is 13.2 Å². The Morgan fingerprint density at radius 3 is 2.40 bits per heavy atom. The molecule has 0 atom stereocenters. The van der Waals surface area contributed by atoms with Gasteiger partial charge in [0.2, 0.25) is 0 Å². The smallest absolute Gasteiger partial charge is 0.410 e. The number of pyridine rings is 1. The average molecular weight is 608 g/mol. The minimum absolute atomic E-state index is 0.111. The van der Waals surface area contributed by atoms with Crippen LogP contribution in [0.25, 0.3) is 11.3 Å². The number of benzene rings is 1. The minimum Gasteiger partial charge on any atom is -0.444 e. The summed E-state index contributed by atoms with van der Waals surface area (Å²) in [6, 6.07) is 13.4. The third kappa shape index (κ3) is 7.21. The lowest BCUT2D eigenvalue weighted by atomic mass is 9.81. The van der Waals surface area contributed by atoms with Crippen molar-refractivity contribution in [2.24, 2.45) is 5.92 Å². The number of anilines is 1. The summed E-state index contributed by atoms with van der Waals surface area (Å²) in [5.41, 5.74) is 4.35. The number of aromatic nitrogens is 3. The monoisotopic (exact) mass is 607 g/mol. The predicted molar refractivity (Wildman–Crippen MR) is 164 cm³/mol. The summed E-state index contributed by atoms with van der Waals surface area (Å²) in [6.45, 7) is 8.43. The van der Waals surface area contributed by atoms with Gasteiger partial charge in [0.25, 0.3) is 10.1 Å². The van der Waals surface area contributed by atoms with Crippen molar-refractivity contribution < 1.29 is 22.1 Å². The molecule has 1 aliphatic heterocycles. The summed E-state index contributed by atoms with van der Waals surface area (Å²) in [6.07, 6.45) is 7.60. The maximum Gasteiger partial charge on any atom is 0.410 e. The molecule has 3 aromatic rings. The van der Waals surface area contributed by atoms with Gasteiger partial charge in [-0.3, -0.25) is 13.8 Å². The Morgan fingerprint density at radius 1 is 1.00 bits per heavy atom. The van der Waals surface area contributed by atoms with Gasteiger partial charge >= 0.3 is 6.09 Å². The Bertz CT molecular complexity index is 1530. The molecule has 0 radical (unpaired) electrons. The zero-order valence-corrected chi connectivity index (χ0v) is 26.0. The highest BCUT2D eigenvalue weighted by Crippen LogP contribution is 2.47. The first-order chi connectivity index (χ1) is 20.5. The first-order valence-electron chi connectivity index (χ1n) is 15.2. The normalized spacial score (nSPS) is 21.0. The predicted octanol–water partition coefficient (Wildman–Crippen LogP) is 5.38. The first-order valence-corrected chi connectivity index (χ1v) is 16.8. The van der Waals surface area contributed by atoms with E-state index in [-0.39, 0.29) is 30.4 Å². The van der Waals surface area contributed by atoms with Crippen molar-refractivity contribution in [2.45, 2.75) is 69.8 Å². The molecule has 2 aromatic heterocycles. The molecule has 3 aliphatic rings. The van der Waals surface area contributed by atoms with Crippen LogP contribution in [0.2, 0.25) is 0 Å². The first kappa shape index (κ1) is 29.6. The van der Waals surface area contributed by atoms with Crippen molar-refractivity contribution in [3.63, 3.8) is 0 Å². The third-order valence-corrected chi connectivity index (χ3v) is 9.47. The van der Waals surface area contributed by atoms with Crippen LogP contribution in [-0.4, -0.2) is 72.6 Å². The molecule has 230 valence electrons. The van der Waals surface area contributed by atoms with E-state index in [1.807, 2.05) is 51.2 Å². The van der Waals surface area contributed by atoms with E-state index >= 15 is 0 Å². The van der Waals surface area contributed by atoms with Crippen LogP contribution in [-0.2, 0) is 24.8 Å². The Hall–Kier alpha value is -3.44. The fraction of sp³-hybridized carbons (Fsp3) is 0.531. The van der Waals surface area contributed by atoms with Crippen LogP contribution in [0, 0.1) is 5.92 Å². The standard InChI is InChI=1S/C32H41N5O5S/c1-32(2,3)42-31(38)36-16-14-35(15-17-36)28-10-7-13-33-30(28)27-20-37(34-29(27)25-11-12-25)26-18-24(19-26)21-41-43(39,40)22-23-8-5-4-6-9-23/h4-10,13,20,24-26H,11-12,14-19,21-22H2,1-3H3. The number of rotatable bonds is 9. The van der Waals surface area contributed by atoms with Crippen molar-refractivity contribution in [3.05, 3.63) is 66.1 Å². The lowest BCUT2D eigenvalue weighted by Crippen LogP contribution is -2.50.